The van der Waals surface area contributed by atoms with Crippen LogP contribution >= 0.6 is 0 Å². The predicted octanol–water partition coefficient (Wildman–Crippen LogP) is 1.82. The number of fused-ring (bicyclic) bond motifs is 1. The van der Waals surface area contributed by atoms with Gasteiger partial charge in [0.2, 0.25) is 23.6 Å². The first kappa shape index (κ1) is 52.4. The maximum atomic E-state index is 13.4. The summed E-state index contributed by atoms with van der Waals surface area (Å²) in [5.41, 5.74) is 7.97. The zero-order valence-corrected chi connectivity index (χ0v) is 37.3. The fourth-order valence-corrected chi connectivity index (χ4v) is 6.03. The lowest BCUT2D eigenvalue weighted by molar-refractivity contribution is -0.142. The van der Waals surface area contributed by atoms with Crippen LogP contribution in [0.15, 0.2) is 48.5 Å². The van der Waals surface area contributed by atoms with E-state index in [9.17, 15) is 47.8 Å². The van der Waals surface area contributed by atoms with E-state index in [4.69, 9.17) is 19.9 Å². The van der Waals surface area contributed by atoms with Crippen LogP contribution in [-0.4, -0.2) is 130 Å². The third-order valence-electron chi connectivity index (χ3n) is 9.67. The molecule has 21 nitrogen and oxygen atoms in total. The second kappa shape index (κ2) is 26.6. The van der Waals surface area contributed by atoms with Crippen molar-refractivity contribution in [2.45, 2.75) is 65.1 Å². The largest absolute Gasteiger partial charge is 0.480 e. The summed E-state index contributed by atoms with van der Waals surface area (Å²) in [5.74, 6) is -7.02. The van der Waals surface area contributed by atoms with Crippen molar-refractivity contribution in [1.29, 1.82) is 0 Å². The molecule has 2 heterocycles. The Morgan fingerprint density at radius 1 is 0.851 bits per heavy atom. The lowest BCUT2D eigenvalue weighted by Gasteiger charge is -2.24. The molecule has 23 heteroatoms. The molecule has 0 saturated carbocycles. The number of aromatic nitrogens is 4. The zero-order valence-electron chi connectivity index (χ0n) is 37.3. The molecule has 0 aliphatic heterocycles. The van der Waals surface area contributed by atoms with Crippen LogP contribution in [-0.2, 0) is 40.0 Å². The molecule has 2 unspecified atom stereocenters. The average molecular weight is 939 g/mol. The monoisotopic (exact) mass is 938 g/mol. The van der Waals surface area contributed by atoms with E-state index in [0.717, 1.165) is 36.6 Å². The predicted molar refractivity (Wildman–Crippen MR) is 238 cm³/mol. The molecular formula is C44H56F2N10O11. The minimum atomic E-state index is -1.45. The summed E-state index contributed by atoms with van der Waals surface area (Å²) in [6.07, 6.45) is 3.48. The molecule has 0 radical (unpaired) electrons. The van der Waals surface area contributed by atoms with Gasteiger partial charge in [-0.15, -0.1) is 0 Å². The van der Waals surface area contributed by atoms with Crippen LogP contribution in [0.4, 0.5) is 14.6 Å². The Balaban J connectivity index is 1.06. The van der Waals surface area contributed by atoms with Crippen LogP contribution in [0, 0.1) is 17.6 Å². The summed E-state index contributed by atoms with van der Waals surface area (Å²) in [5, 5.41) is 32.6. The topological polar surface area (TPSA) is 300 Å². The highest BCUT2D eigenvalue weighted by molar-refractivity contribution is 5.96. The normalized spacial score (nSPS) is 12.1. The number of carbonyl (C=O) groups excluding carboxylic acids is 5. The molecule has 4 aromatic rings. The molecule has 67 heavy (non-hydrogen) atoms. The number of anilines is 1. The molecule has 4 rings (SSSR count). The number of imidazole rings is 1. The lowest BCUT2D eigenvalue weighted by Crippen LogP contribution is -2.55. The Morgan fingerprint density at radius 3 is 2.21 bits per heavy atom. The first-order chi connectivity index (χ1) is 32.1. The van der Waals surface area contributed by atoms with Gasteiger partial charge in [0.15, 0.2) is 28.6 Å². The van der Waals surface area contributed by atoms with E-state index in [1.165, 1.54) is 16.7 Å². The first-order valence-electron chi connectivity index (χ1n) is 21.4. The molecular weight excluding hydrogens is 883 g/mol. The van der Waals surface area contributed by atoms with E-state index in [1.54, 1.807) is 38.1 Å². The first-order valence-corrected chi connectivity index (χ1v) is 21.4. The molecule has 0 aliphatic rings. The summed E-state index contributed by atoms with van der Waals surface area (Å²) in [6.45, 7) is 6.43. The van der Waals surface area contributed by atoms with Crippen molar-refractivity contribution in [2.24, 2.45) is 5.92 Å². The number of nitrogens with one attached hydrogen (secondary N) is 5. The van der Waals surface area contributed by atoms with Gasteiger partial charge >= 0.3 is 12.0 Å². The third-order valence-corrected chi connectivity index (χ3v) is 9.67. The highest BCUT2D eigenvalue weighted by Gasteiger charge is 2.29. The van der Waals surface area contributed by atoms with Gasteiger partial charge in [-0.05, 0) is 60.2 Å². The van der Waals surface area contributed by atoms with Gasteiger partial charge in [0.05, 0.1) is 46.1 Å². The molecule has 362 valence electrons. The van der Waals surface area contributed by atoms with Crippen LogP contribution in [0.1, 0.15) is 67.9 Å². The van der Waals surface area contributed by atoms with Crippen LogP contribution in [0.3, 0.4) is 0 Å². The average Bonchev–Trinajstić information content (AvgIpc) is 3.61. The van der Waals surface area contributed by atoms with Gasteiger partial charge < -0.3 is 56.7 Å². The molecule has 0 spiro atoms. The summed E-state index contributed by atoms with van der Waals surface area (Å²) >= 11 is 0. The SMILES string of the molecule is CCCCOc1nc(N)c2nc(O)n(Cc3ccc(C(=O)NCCOCCOCCNC(=O)CCC(NC(=O)C(NC(=O)CNC(=O)/C=C/c4ccc(F)c(F)c4)C(C)C)C(=O)O)cc3)c2n1. The number of carbonyl (C=O) groups is 6. The third kappa shape index (κ3) is 17.2. The molecule has 0 aliphatic carbocycles. The molecule has 0 fully saturated rings. The summed E-state index contributed by atoms with van der Waals surface area (Å²) in [6, 6.07) is 6.98. The number of aromatic hydroxyl groups is 1. The fraction of sp³-hybridized carbons (Fsp3) is 0.432. The molecule has 0 bridgehead atoms. The number of unbranched alkanes of at least 4 members (excludes halogenated alkanes) is 1. The highest BCUT2D eigenvalue weighted by Crippen LogP contribution is 2.26. The van der Waals surface area contributed by atoms with Crippen molar-refractivity contribution >= 4 is 58.6 Å². The van der Waals surface area contributed by atoms with E-state index in [1.807, 2.05) is 6.92 Å². The number of ether oxygens (including phenoxy) is 3. The Kier molecular flexibility index (Phi) is 20.8. The second-order valence-corrected chi connectivity index (χ2v) is 15.2. The molecule has 2 atom stereocenters. The zero-order chi connectivity index (χ0) is 48.9. The number of nitrogen functional groups attached to an aromatic ring is 1. The minimum absolute atomic E-state index is 0.0826. The Labute approximate surface area is 384 Å². The van der Waals surface area contributed by atoms with E-state index < -0.39 is 65.8 Å². The number of benzene rings is 2. The smallest absolute Gasteiger partial charge is 0.326 e. The van der Waals surface area contributed by atoms with Gasteiger partial charge in [0.1, 0.15) is 12.1 Å². The van der Waals surface area contributed by atoms with E-state index in [-0.39, 0.29) is 93.7 Å². The van der Waals surface area contributed by atoms with Gasteiger partial charge in [-0.3, -0.25) is 28.5 Å². The van der Waals surface area contributed by atoms with Gasteiger partial charge in [0, 0.05) is 31.1 Å². The number of carboxylic acids is 1. The van der Waals surface area contributed by atoms with Gasteiger partial charge in [-0.25, -0.2) is 13.6 Å². The standard InChI is InChI=1S/C44H56F2N10O11/c1-4-5-18-67-43-54-38(47)37-39(55-43)56(44(64)53-37)25-28-6-10-29(11-7-28)40(60)49-17-20-66-22-21-65-19-16-48-33(57)15-13-32(42(62)63)51-41(61)36(26(2)3)52-35(59)24-50-34(58)14-9-27-8-12-30(45)31(46)23-27/h6-12,14,23,26,32,36H,4-5,13,15-22,24-25H2,1-3H3,(H,48,57)(H,49,60)(H,50,58)(H,51,61)(H,52,59)(H,53,64)(H,62,63)(H2,47,54,55)/b14-9+. The van der Waals surface area contributed by atoms with Crippen LogP contribution in [0.5, 0.6) is 12.0 Å². The van der Waals surface area contributed by atoms with E-state index in [0.29, 0.717) is 17.8 Å². The lowest BCUT2D eigenvalue weighted by atomic mass is 10.0. The molecule has 9 N–H and O–H groups in total. The highest BCUT2D eigenvalue weighted by atomic mass is 19.2. The summed E-state index contributed by atoms with van der Waals surface area (Å²) < 4.78 is 44.5. The van der Waals surface area contributed by atoms with Crippen molar-refractivity contribution < 1.29 is 62.0 Å². The number of nitrogens with zero attached hydrogens (tertiary/aromatic N) is 4. The van der Waals surface area contributed by atoms with E-state index in [2.05, 4.69) is 41.5 Å². The van der Waals surface area contributed by atoms with Crippen molar-refractivity contribution in [3.05, 3.63) is 76.9 Å². The van der Waals surface area contributed by atoms with E-state index >= 15 is 0 Å². The maximum absolute atomic E-state index is 13.4. The number of carboxylic acid groups (broad SMARTS) is 1. The number of hydrogen-bond donors (Lipinski definition) is 8. The van der Waals surface area contributed by atoms with Crippen molar-refractivity contribution in [3.63, 3.8) is 0 Å². The Hall–Kier alpha value is -7.27. The number of rotatable bonds is 28. The number of aliphatic carboxylic acids is 1. The number of halogens is 2. The van der Waals surface area contributed by atoms with Crippen molar-refractivity contribution in [3.8, 4) is 12.0 Å². The fourth-order valence-electron chi connectivity index (χ4n) is 6.03. The van der Waals surface area contributed by atoms with Gasteiger partial charge in [-0.2, -0.15) is 15.0 Å². The summed E-state index contributed by atoms with van der Waals surface area (Å²) in [4.78, 5) is 87.2. The number of amides is 5. The summed E-state index contributed by atoms with van der Waals surface area (Å²) in [7, 11) is 0. The molecule has 5 amide bonds. The minimum Gasteiger partial charge on any atom is -0.480 e. The van der Waals surface area contributed by atoms with Gasteiger partial charge in [-0.1, -0.05) is 45.4 Å². The number of nitrogens with two attached hydrogens (primary N) is 1. The van der Waals surface area contributed by atoms with Gasteiger partial charge in [0.25, 0.3) is 11.9 Å². The van der Waals surface area contributed by atoms with Crippen molar-refractivity contribution in [2.75, 3.05) is 58.4 Å². The maximum Gasteiger partial charge on any atom is 0.326 e. The number of hydrogen-bond acceptors (Lipinski definition) is 14. The van der Waals surface area contributed by atoms with Crippen LogP contribution < -0.4 is 37.1 Å². The Bertz CT molecular complexity index is 2360. The second-order valence-electron chi connectivity index (χ2n) is 15.2. The quantitative estimate of drug-likeness (QED) is 0.0298. The van der Waals surface area contributed by atoms with Crippen molar-refractivity contribution in [1.82, 2.24) is 46.1 Å². The van der Waals surface area contributed by atoms with Crippen LogP contribution in [0.2, 0.25) is 0 Å². The molecule has 0 saturated heterocycles. The van der Waals surface area contributed by atoms with Crippen LogP contribution in [0.25, 0.3) is 17.2 Å². The molecule has 2 aromatic heterocycles. The Morgan fingerprint density at radius 2 is 1.55 bits per heavy atom. The molecule has 2 aromatic carbocycles.